The standard InChI is InChI=1S/C21H20ClF2N3O2/c1-14(2)20(28,16-9-25-13-26-10-16)21(23,24)19-8-7-18(11-27-19)29-12-15-3-5-17(22)6-4-15/h3-11,13-14,28H,12H2,1-2H3. The molecule has 0 amide bonds. The Kier molecular flexibility index (Phi) is 6.10. The van der Waals surface area contributed by atoms with E-state index in [1.165, 1.54) is 44.8 Å². The van der Waals surface area contributed by atoms with Gasteiger partial charge in [-0.05, 0) is 35.7 Å². The van der Waals surface area contributed by atoms with E-state index in [9.17, 15) is 5.11 Å². The summed E-state index contributed by atoms with van der Waals surface area (Å²) >= 11 is 5.84. The first-order valence-corrected chi connectivity index (χ1v) is 9.32. The summed E-state index contributed by atoms with van der Waals surface area (Å²) in [7, 11) is 0. The molecule has 1 aromatic carbocycles. The average molecular weight is 420 g/mol. The van der Waals surface area contributed by atoms with Crippen LogP contribution in [-0.2, 0) is 18.1 Å². The molecule has 0 aliphatic rings. The molecule has 1 atom stereocenters. The number of pyridine rings is 1. The highest BCUT2D eigenvalue weighted by Gasteiger charge is 2.58. The Bertz CT molecular complexity index is 938. The number of rotatable bonds is 7. The lowest BCUT2D eigenvalue weighted by molar-refractivity contribution is -0.220. The molecule has 8 heteroatoms. The smallest absolute Gasteiger partial charge is 0.322 e. The van der Waals surface area contributed by atoms with Crippen molar-refractivity contribution in [2.24, 2.45) is 5.92 Å². The molecular formula is C21H20ClF2N3O2. The molecule has 152 valence electrons. The van der Waals surface area contributed by atoms with E-state index < -0.39 is 23.1 Å². The molecule has 3 rings (SSSR count). The number of nitrogens with zero attached hydrogens (tertiary/aromatic N) is 3. The molecule has 29 heavy (non-hydrogen) atoms. The van der Waals surface area contributed by atoms with E-state index in [1.54, 1.807) is 12.1 Å². The second kappa shape index (κ2) is 8.39. The molecular weight excluding hydrogens is 400 g/mol. The van der Waals surface area contributed by atoms with Gasteiger partial charge in [-0.15, -0.1) is 0 Å². The molecule has 1 unspecified atom stereocenters. The van der Waals surface area contributed by atoms with Gasteiger partial charge in [0.15, 0.2) is 5.60 Å². The number of benzene rings is 1. The van der Waals surface area contributed by atoms with Crippen molar-refractivity contribution >= 4 is 11.6 Å². The maximum atomic E-state index is 15.3. The summed E-state index contributed by atoms with van der Waals surface area (Å²) in [6.07, 6.45) is 4.80. The van der Waals surface area contributed by atoms with Crippen molar-refractivity contribution in [3.05, 3.63) is 83.2 Å². The molecule has 3 aromatic rings. The van der Waals surface area contributed by atoms with E-state index in [0.717, 1.165) is 11.6 Å². The Balaban J connectivity index is 1.82. The molecule has 5 nitrogen and oxygen atoms in total. The van der Waals surface area contributed by atoms with Crippen LogP contribution in [0, 0.1) is 5.92 Å². The zero-order valence-electron chi connectivity index (χ0n) is 15.9. The molecule has 0 radical (unpaired) electrons. The van der Waals surface area contributed by atoms with Gasteiger partial charge < -0.3 is 9.84 Å². The summed E-state index contributed by atoms with van der Waals surface area (Å²) in [5.41, 5.74) is -2.30. The summed E-state index contributed by atoms with van der Waals surface area (Å²) in [5.74, 6) is -4.18. The van der Waals surface area contributed by atoms with Crippen molar-refractivity contribution in [1.29, 1.82) is 0 Å². The topological polar surface area (TPSA) is 68.1 Å². The highest BCUT2D eigenvalue weighted by atomic mass is 35.5. The van der Waals surface area contributed by atoms with Crippen molar-refractivity contribution in [1.82, 2.24) is 15.0 Å². The molecule has 0 spiro atoms. The van der Waals surface area contributed by atoms with Crippen LogP contribution in [0.4, 0.5) is 8.78 Å². The van der Waals surface area contributed by atoms with E-state index in [0.29, 0.717) is 10.8 Å². The van der Waals surface area contributed by atoms with Crippen molar-refractivity contribution in [2.45, 2.75) is 32.0 Å². The lowest BCUT2D eigenvalue weighted by atomic mass is 9.78. The quantitative estimate of drug-likeness (QED) is 0.599. The molecule has 2 heterocycles. The summed E-state index contributed by atoms with van der Waals surface area (Å²) in [6, 6.07) is 9.64. The minimum Gasteiger partial charge on any atom is -0.487 e. The van der Waals surface area contributed by atoms with Gasteiger partial charge in [-0.2, -0.15) is 8.78 Å². The van der Waals surface area contributed by atoms with Gasteiger partial charge in [-0.1, -0.05) is 37.6 Å². The van der Waals surface area contributed by atoms with Crippen molar-refractivity contribution in [3.8, 4) is 5.75 Å². The Labute approximate surface area is 172 Å². The lowest BCUT2D eigenvalue weighted by Crippen LogP contribution is -2.48. The van der Waals surface area contributed by atoms with Crippen LogP contribution in [0.25, 0.3) is 0 Å². The van der Waals surface area contributed by atoms with Gasteiger partial charge in [0.1, 0.15) is 24.4 Å². The van der Waals surface area contributed by atoms with Crippen LogP contribution in [0.1, 0.15) is 30.7 Å². The zero-order valence-corrected chi connectivity index (χ0v) is 16.6. The van der Waals surface area contributed by atoms with Crippen LogP contribution in [0.15, 0.2) is 61.3 Å². The minimum atomic E-state index is -3.68. The second-order valence-corrected chi connectivity index (χ2v) is 7.35. The molecule has 0 aliphatic carbocycles. The fourth-order valence-electron chi connectivity index (χ4n) is 2.97. The first-order valence-electron chi connectivity index (χ1n) is 8.94. The molecule has 0 saturated carbocycles. The fraction of sp³-hybridized carbons (Fsp3) is 0.286. The van der Waals surface area contributed by atoms with Crippen molar-refractivity contribution < 1.29 is 18.6 Å². The Morgan fingerprint density at radius 2 is 1.69 bits per heavy atom. The summed E-state index contributed by atoms with van der Waals surface area (Å²) in [6.45, 7) is 3.25. The van der Waals surface area contributed by atoms with Crippen molar-refractivity contribution in [3.63, 3.8) is 0 Å². The maximum absolute atomic E-state index is 15.3. The van der Waals surface area contributed by atoms with Crippen molar-refractivity contribution in [2.75, 3.05) is 0 Å². The number of aliphatic hydroxyl groups is 1. The third-order valence-corrected chi connectivity index (χ3v) is 4.94. The fourth-order valence-corrected chi connectivity index (χ4v) is 3.09. The summed E-state index contributed by atoms with van der Waals surface area (Å²) in [5, 5.41) is 11.6. The van der Waals surface area contributed by atoms with E-state index in [1.807, 2.05) is 12.1 Å². The number of alkyl halides is 2. The molecule has 1 N–H and O–H groups in total. The lowest BCUT2D eigenvalue weighted by Gasteiger charge is -2.38. The molecule has 0 saturated heterocycles. The third kappa shape index (κ3) is 4.21. The summed E-state index contributed by atoms with van der Waals surface area (Å²) in [4.78, 5) is 11.4. The van der Waals surface area contributed by atoms with Gasteiger partial charge in [-0.3, -0.25) is 4.98 Å². The number of aromatic nitrogens is 3. The van der Waals surface area contributed by atoms with Gasteiger partial charge in [0.2, 0.25) is 0 Å². The molecule has 0 fully saturated rings. The Morgan fingerprint density at radius 3 is 2.24 bits per heavy atom. The maximum Gasteiger partial charge on any atom is 0.322 e. The molecule has 0 bridgehead atoms. The SMILES string of the molecule is CC(C)C(O)(c1cncnc1)C(F)(F)c1ccc(OCc2ccc(Cl)cc2)cn1. The summed E-state index contributed by atoms with van der Waals surface area (Å²) < 4.78 is 36.3. The number of ether oxygens (including phenoxy) is 1. The van der Waals surface area contributed by atoms with E-state index in [4.69, 9.17) is 16.3 Å². The molecule has 0 aliphatic heterocycles. The monoisotopic (exact) mass is 419 g/mol. The minimum absolute atomic E-state index is 0.0788. The van der Waals surface area contributed by atoms with Crippen LogP contribution in [0.2, 0.25) is 5.02 Å². The first-order chi connectivity index (χ1) is 13.7. The van der Waals surface area contributed by atoms with Crippen LogP contribution in [-0.4, -0.2) is 20.1 Å². The predicted molar refractivity (Wildman–Crippen MR) is 105 cm³/mol. The zero-order chi connectivity index (χ0) is 21.1. The Hall–Kier alpha value is -2.64. The average Bonchev–Trinajstić information content (AvgIpc) is 2.73. The largest absolute Gasteiger partial charge is 0.487 e. The third-order valence-electron chi connectivity index (χ3n) is 4.69. The number of hydrogen-bond donors (Lipinski definition) is 1. The van der Waals surface area contributed by atoms with Crippen LogP contribution in [0.5, 0.6) is 5.75 Å². The normalized spacial score (nSPS) is 13.9. The molecule has 2 aromatic heterocycles. The second-order valence-electron chi connectivity index (χ2n) is 6.92. The van der Waals surface area contributed by atoms with Gasteiger partial charge in [0.05, 0.1) is 6.20 Å². The highest BCUT2D eigenvalue weighted by molar-refractivity contribution is 6.30. The first kappa shape index (κ1) is 21.1. The van der Waals surface area contributed by atoms with Gasteiger partial charge in [-0.25, -0.2) is 9.97 Å². The van der Waals surface area contributed by atoms with Crippen LogP contribution < -0.4 is 4.74 Å². The van der Waals surface area contributed by atoms with E-state index >= 15 is 8.78 Å². The van der Waals surface area contributed by atoms with Gasteiger partial charge in [0.25, 0.3) is 0 Å². The Morgan fingerprint density at radius 1 is 1.03 bits per heavy atom. The number of halogens is 3. The van der Waals surface area contributed by atoms with Crippen LogP contribution >= 0.6 is 11.6 Å². The van der Waals surface area contributed by atoms with Gasteiger partial charge in [0, 0.05) is 23.0 Å². The van der Waals surface area contributed by atoms with Gasteiger partial charge >= 0.3 is 5.92 Å². The number of hydrogen-bond acceptors (Lipinski definition) is 5. The predicted octanol–water partition coefficient (Wildman–Crippen LogP) is 4.74. The highest BCUT2D eigenvalue weighted by Crippen LogP contribution is 2.48. The van der Waals surface area contributed by atoms with E-state index in [2.05, 4.69) is 15.0 Å². The van der Waals surface area contributed by atoms with E-state index in [-0.39, 0.29) is 12.2 Å². The van der Waals surface area contributed by atoms with Crippen LogP contribution in [0.3, 0.4) is 0 Å².